The van der Waals surface area contributed by atoms with Crippen LogP contribution in [0.4, 0.5) is 10.1 Å². The molecule has 2 aromatic carbocycles. The van der Waals surface area contributed by atoms with Gasteiger partial charge in [-0.2, -0.15) is 0 Å². The molecule has 0 saturated carbocycles. The molecule has 9 heteroatoms. The number of halogens is 1. The molecule has 4 aromatic rings. The van der Waals surface area contributed by atoms with Gasteiger partial charge < -0.3 is 14.8 Å². The second-order valence-electron chi connectivity index (χ2n) is 8.08. The van der Waals surface area contributed by atoms with Gasteiger partial charge in [0.1, 0.15) is 18.2 Å². The monoisotopic (exact) mass is 476 g/mol. The van der Waals surface area contributed by atoms with Crippen LogP contribution in [0.3, 0.4) is 0 Å². The Morgan fingerprint density at radius 2 is 1.71 bits per heavy atom. The normalized spacial score (nSPS) is 13.5. The number of anilines is 1. The second kappa shape index (κ2) is 10.5. The van der Waals surface area contributed by atoms with Gasteiger partial charge in [-0.3, -0.25) is 9.36 Å². The number of nitrogens with one attached hydrogen (secondary N) is 1. The number of hydrogen-bond donors (Lipinski definition) is 1. The van der Waals surface area contributed by atoms with E-state index in [1.165, 1.54) is 16.7 Å². The molecule has 1 aliphatic heterocycles. The van der Waals surface area contributed by atoms with Crippen LogP contribution in [0, 0.1) is 12.7 Å². The summed E-state index contributed by atoms with van der Waals surface area (Å²) < 4.78 is 15.5. The third kappa shape index (κ3) is 5.08. The number of H-pyrrole nitrogens is 1. The van der Waals surface area contributed by atoms with Crippen molar-refractivity contribution in [1.29, 1.82) is 0 Å². The summed E-state index contributed by atoms with van der Waals surface area (Å²) in [6.07, 6.45) is 3.39. The SMILES string of the molecule is CC.Cc1ncc(-c2cc(F)ccc2N2CCN(C(=O)Cn3c(=O)[nH]c4ccccc43)CC2)cn1. The molecule has 35 heavy (non-hydrogen) atoms. The summed E-state index contributed by atoms with van der Waals surface area (Å²) in [5.74, 6) is 0.221. The highest BCUT2D eigenvalue weighted by Gasteiger charge is 2.24. The third-order valence-corrected chi connectivity index (χ3v) is 6.00. The van der Waals surface area contributed by atoms with Gasteiger partial charge >= 0.3 is 5.69 Å². The molecule has 2 aromatic heterocycles. The van der Waals surface area contributed by atoms with Crippen LogP contribution in [0.25, 0.3) is 22.2 Å². The number of aryl methyl sites for hydroxylation is 1. The predicted molar refractivity (Wildman–Crippen MR) is 135 cm³/mol. The van der Waals surface area contributed by atoms with Gasteiger partial charge in [0, 0.05) is 55.4 Å². The van der Waals surface area contributed by atoms with E-state index in [-0.39, 0.29) is 24.0 Å². The smallest absolute Gasteiger partial charge is 0.326 e. The zero-order chi connectivity index (χ0) is 24.9. The number of benzene rings is 2. The summed E-state index contributed by atoms with van der Waals surface area (Å²) >= 11 is 0. The molecular formula is C26H29FN6O2. The van der Waals surface area contributed by atoms with Gasteiger partial charge in [0.2, 0.25) is 5.91 Å². The highest BCUT2D eigenvalue weighted by atomic mass is 19.1. The van der Waals surface area contributed by atoms with E-state index in [0.29, 0.717) is 43.0 Å². The van der Waals surface area contributed by atoms with Gasteiger partial charge in [-0.25, -0.2) is 19.2 Å². The number of para-hydroxylation sites is 2. The van der Waals surface area contributed by atoms with E-state index < -0.39 is 0 Å². The minimum absolute atomic E-state index is 0.00858. The van der Waals surface area contributed by atoms with E-state index in [2.05, 4.69) is 19.9 Å². The molecule has 1 amide bonds. The van der Waals surface area contributed by atoms with Gasteiger partial charge in [0.25, 0.3) is 0 Å². The number of carbonyl (C=O) groups is 1. The lowest BCUT2D eigenvalue weighted by Crippen LogP contribution is -2.50. The number of rotatable bonds is 4. The lowest BCUT2D eigenvalue weighted by molar-refractivity contribution is -0.132. The first-order chi connectivity index (χ1) is 17.0. The molecule has 1 N–H and O–H groups in total. The number of carbonyl (C=O) groups excluding carboxylic acids is 1. The first-order valence-corrected chi connectivity index (χ1v) is 11.8. The number of hydrogen-bond acceptors (Lipinski definition) is 5. The zero-order valence-electron chi connectivity index (χ0n) is 20.2. The Hall–Kier alpha value is -4.01. The molecule has 1 saturated heterocycles. The van der Waals surface area contributed by atoms with Crippen molar-refractivity contribution in [1.82, 2.24) is 24.4 Å². The Morgan fingerprint density at radius 1 is 1.03 bits per heavy atom. The van der Waals surface area contributed by atoms with Crippen LogP contribution in [0.15, 0.2) is 59.7 Å². The van der Waals surface area contributed by atoms with Crippen LogP contribution in [-0.4, -0.2) is 56.5 Å². The second-order valence-corrected chi connectivity index (χ2v) is 8.08. The van der Waals surface area contributed by atoms with Crippen LogP contribution in [0.2, 0.25) is 0 Å². The van der Waals surface area contributed by atoms with Crippen LogP contribution in [-0.2, 0) is 11.3 Å². The van der Waals surface area contributed by atoms with Gasteiger partial charge in [-0.15, -0.1) is 0 Å². The quantitative estimate of drug-likeness (QED) is 0.486. The predicted octanol–water partition coefficient (Wildman–Crippen LogP) is 3.61. The lowest BCUT2D eigenvalue weighted by atomic mass is 10.0. The summed E-state index contributed by atoms with van der Waals surface area (Å²) in [6.45, 7) is 8.01. The van der Waals surface area contributed by atoms with E-state index >= 15 is 0 Å². The third-order valence-electron chi connectivity index (χ3n) is 6.00. The van der Waals surface area contributed by atoms with Gasteiger partial charge in [0.05, 0.1) is 11.0 Å². The fraction of sp³-hybridized carbons (Fsp3) is 0.308. The number of amides is 1. The maximum atomic E-state index is 14.0. The molecule has 0 atom stereocenters. The van der Waals surface area contributed by atoms with Crippen molar-refractivity contribution in [3.63, 3.8) is 0 Å². The standard InChI is InChI=1S/C24H23FN6O2.C2H6/c1-16-26-13-17(14-27-16)19-12-18(25)6-7-21(19)29-8-10-30(11-9-29)23(32)15-31-22-5-3-2-4-20(22)28-24(31)33;1-2/h2-7,12-14H,8-11,15H2,1H3,(H,28,33);1-2H3. The molecule has 8 nitrogen and oxygen atoms in total. The molecule has 0 radical (unpaired) electrons. The number of aromatic amines is 1. The van der Waals surface area contributed by atoms with Crippen molar-refractivity contribution < 1.29 is 9.18 Å². The average molecular weight is 477 g/mol. The number of nitrogens with zero attached hydrogens (tertiary/aromatic N) is 5. The number of fused-ring (bicyclic) bond motifs is 1. The van der Waals surface area contributed by atoms with Crippen molar-refractivity contribution in [2.24, 2.45) is 0 Å². The minimum atomic E-state index is -0.327. The van der Waals surface area contributed by atoms with E-state index in [0.717, 1.165) is 16.8 Å². The van der Waals surface area contributed by atoms with Gasteiger partial charge in [-0.1, -0.05) is 26.0 Å². The van der Waals surface area contributed by atoms with E-state index in [4.69, 9.17) is 0 Å². The van der Waals surface area contributed by atoms with Crippen molar-refractivity contribution >= 4 is 22.6 Å². The minimum Gasteiger partial charge on any atom is -0.367 e. The molecule has 5 rings (SSSR count). The molecule has 0 unspecified atom stereocenters. The fourth-order valence-electron chi connectivity index (χ4n) is 4.24. The van der Waals surface area contributed by atoms with Crippen LogP contribution < -0.4 is 10.6 Å². The first-order valence-electron chi connectivity index (χ1n) is 11.8. The van der Waals surface area contributed by atoms with Gasteiger partial charge in [0.15, 0.2) is 0 Å². The molecule has 182 valence electrons. The maximum Gasteiger partial charge on any atom is 0.326 e. The molecular weight excluding hydrogens is 447 g/mol. The first kappa shape index (κ1) is 24.1. The average Bonchev–Trinajstić information content (AvgIpc) is 3.20. The Kier molecular flexibility index (Phi) is 7.24. The van der Waals surface area contributed by atoms with Gasteiger partial charge in [-0.05, 0) is 37.3 Å². The highest BCUT2D eigenvalue weighted by Crippen LogP contribution is 2.31. The molecule has 3 heterocycles. The summed E-state index contributed by atoms with van der Waals surface area (Å²) in [5.41, 5.74) is 3.48. The summed E-state index contributed by atoms with van der Waals surface area (Å²) in [6, 6.07) is 12.0. The molecule has 1 fully saturated rings. The lowest BCUT2D eigenvalue weighted by Gasteiger charge is -2.37. The van der Waals surface area contributed by atoms with Crippen molar-refractivity contribution in [2.75, 3.05) is 31.1 Å². The van der Waals surface area contributed by atoms with Crippen molar-refractivity contribution in [3.05, 3.63) is 77.0 Å². The molecule has 0 aliphatic carbocycles. The Morgan fingerprint density at radius 3 is 2.43 bits per heavy atom. The highest BCUT2D eigenvalue weighted by molar-refractivity contribution is 5.81. The number of piperazine rings is 1. The number of imidazole rings is 1. The summed E-state index contributed by atoms with van der Waals surface area (Å²) in [7, 11) is 0. The Bertz CT molecular complexity index is 1370. The van der Waals surface area contributed by atoms with Crippen molar-refractivity contribution in [2.45, 2.75) is 27.3 Å². The van der Waals surface area contributed by atoms with E-state index in [1.54, 1.807) is 30.3 Å². The Labute approximate surface area is 203 Å². The largest absolute Gasteiger partial charge is 0.367 e. The molecule has 1 aliphatic rings. The zero-order valence-corrected chi connectivity index (χ0v) is 20.2. The molecule has 0 bridgehead atoms. The Balaban J connectivity index is 0.00000141. The van der Waals surface area contributed by atoms with Crippen LogP contribution in [0.5, 0.6) is 0 Å². The molecule has 0 spiro atoms. The van der Waals surface area contributed by atoms with Crippen LogP contribution in [0.1, 0.15) is 19.7 Å². The van der Waals surface area contributed by atoms with Crippen LogP contribution >= 0.6 is 0 Å². The fourth-order valence-corrected chi connectivity index (χ4v) is 4.24. The summed E-state index contributed by atoms with van der Waals surface area (Å²) in [5, 5.41) is 0. The summed E-state index contributed by atoms with van der Waals surface area (Å²) in [4.78, 5) is 40.4. The maximum absolute atomic E-state index is 14.0. The van der Waals surface area contributed by atoms with Crippen molar-refractivity contribution in [3.8, 4) is 11.1 Å². The van der Waals surface area contributed by atoms with E-state index in [9.17, 15) is 14.0 Å². The number of aromatic nitrogens is 4. The van der Waals surface area contributed by atoms with E-state index in [1.807, 2.05) is 38.1 Å². The topological polar surface area (TPSA) is 87.1 Å².